The average molecular weight is 623 g/mol. The Labute approximate surface area is 238 Å². The maximum atomic E-state index is 13.4. The highest BCUT2D eigenvalue weighted by atomic mass is 79.9. The summed E-state index contributed by atoms with van der Waals surface area (Å²) >= 11 is 3.09. The summed E-state index contributed by atoms with van der Waals surface area (Å²) in [6, 6.07) is 7.33. The van der Waals surface area contributed by atoms with Crippen molar-refractivity contribution in [1.29, 1.82) is 0 Å². The van der Waals surface area contributed by atoms with Crippen LogP contribution >= 0.6 is 15.9 Å². The Balaban J connectivity index is 1.43. The zero-order valence-electron chi connectivity index (χ0n) is 23.1. The molecule has 212 valence electrons. The molecule has 0 aliphatic carbocycles. The first kappa shape index (κ1) is 30.7. The Morgan fingerprint density at radius 1 is 1.21 bits per heavy atom. The van der Waals surface area contributed by atoms with Crippen LogP contribution in [0.4, 0.5) is 20.6 Å². The van der Waals surface area contributed by atoms with E-state index in [1.165, 1.54) is 18.2 Å². The summed E-state index contributed by atoms with van der Waals surface area (Å²) in [6.07, 6.45) is 2.48. The third-order valence-corrected chi connectivity index (χ3v) is 12.3. The lowest BCUT2D eigenvalue weighted by atomic mass is 9.92. The lowest BCUT2D eigenvalue weighted by molar-refractivity contribution is -0.117. The van der Waals surface area contributed by atoms with Crippen LogP contribution in [0.15, 0.2) is 46.0 Å². The molecular formula is C27H37BrFN5O4Si. The van der Waals surface area contributed by atoms with E-state index in [4.69, 9.17) is 14.9 Å². The number of Topliss-reactive ketones (excluding diaryl/α,β-unsaturated/α-hetero) is 1. The van der Waals surface area contributed by atoms with Gasteiger partial charge in [-0.2, -0.15) is 0 Å². The number of carbonyl (C=O) groups excluding carboxylic acids is 2. The van der Waals surface area contributed by atoms with E-state index in [2.05, 4.69) is 65.1 Å². The van der Waals surface area contributed by atoms with Crippen molar-refractivity contribution in [2.24, 2.45) is 16.6 Å². The summed E-state index contributed by atoms with van der Waals surface area (Å²) in [6.45, 7) is 12.7. The van der Waals surface area contributed by atoms with Gasteiger partial charge in [0.1, 0.15) is 12.4 Å². The van der Waals surface area contributed by atoms with Gasteiger partial charge in [0, 0.05) is 25.1 Å². The van der Waals surface area contributed by atoms with Crippen molar-refractivity contribution in [3.05, 3.63) is 46.8 Å². The maximum absolute atomic E-state index is 13.4. The molecule has 39 heavy (non-hydrogen) atoms. The first-order chi connectivity index (χ1) is 18.3. The molecule has 9 nitrogen and oxygen atoms in total. The first-order valence-corrected chi connectivity index (χ1v) is 16.6. The van der Waals surface area contributed by atoms with Crippen LogP contribution < -0.4 is 15.8 Å². The number of nitrogens with two attached hydrogens (primary N) is 1. The van der Waals surface area contributed by atoms with Crippen molar-refractivity contribution in [3.8, 4) is 5.88 Å². The van der Waals surface area contributed by atoms with E-state index in [1.54, 1.807) is 23.2 Å². The van der Waals surface area contributed by atoms with E-state index in [1.807, 2.05) is 0 Å². The second kappa shape index (κ2) is 13.0. The van der Waals surface area contributed by atoms with Crippen molar-refractivity contribution in [3.63, 3.8) is 0 Å². The normalized spacial score (nSPS) is 15.3. The zero-order chi connectivity index (χ0) is 28.8. The highest BCUT2D eigenvalue weighted by Gasteiger charge is 2.37. The third-order valence-electron chi connectivity index (χ3n) is 7.15. The minimum atomic E-state index is -1.82. The summed E-state index contributed by atoms with van der Waals surface area (Å²) in [7, 11) is -1.82. The lowest BCUT2D eigenvalue weighted by Gasteiger charge is -2.36. The van der Waals surface area contributed by atoms with Crippen LogP contribution in [0.2, 0.25) is 18.1 Å². The molecule has 0 unspecified atom stereocenters. The summed E-state index contributed by atoms with van der Waals surface area (Å²) in [5, 5.41) is 2.97. The predicted molar refractivity (Wildman–Crippen MR) is 157 cm³/mol. The number of ether oxygens (including phenoxy) is 1. The molecule has 2 amide bonds. The zero-order valence-corrected chi connectivity index (χ0v) is 25.7. The Bertz CT molecular complexity index is 1200. The molecule has 3 rings (SSSR count). The second-order valence-corrected chi connectivity index (χ2v) is 16.7. The Morgan fingerprint density at radius 3 is 2.49 bits per heavy atom. The molecule has 0 atom stereocenters. The number of anilines is 1. The van der Waals surface area contributed by atoms with Crippen LogP contribution in [0.25, 0.3) is 0 Å². The summed E-state index contributed by atoms with van der Waals surface area (Å²) < 4.78 is 25.5. The number of carbonyl (C=O) groups is 2. The van der Waals surface area contributed by atoms with Crippen LogP contribution in [0.3, 0.4) is 0 Å². The molecule has 1 aromatic heterocycles. The molecule has 1 aliphatic heterocycles. The van der Waals surface area contributed by atoms with Crippen molar-refractivity contribution in [2.45, 2.75) is 51.7 Å². The van der Waals surface area contributed by atoms with Crippen LogP contribution in [0.5, 0.6) is 5.88 Å². The highest BCUT2D eigenvalue weighted by Crippen LogP contribution is 2.36. The Hall–Kier alpha value is -2.83. The molecule has 1 fully saturated rings. The number of nitrogens with zero attached hydrogens (tertiary/aromatic N) is 3. The van der Waals surface area contributed by atoms with E-state index in [0.717, 1.165) is 0 Å². The summed E-state index contributed by atoms with van der Waals surface area (Å²) in [5.74, 6) is -0.702. The number of likely N-dealkylation sites (tertiary alicyclic amines) is 1. The SMILES string of the molecule is CC(C)(C)[Si](C)(C)OCCOc1ccc(NC(=O)N2CCC(C(=O)C(N)=Nc3ccc(F)c(Br)c3)CC2)cn1. The fourth-order valence-corrected chi connectivity index (χ4v) is 5.10. The summed E-state index contributed by atoms with van der Waals surface area (Å²) in [5.41, 5.74) is 6.86. The molecule has 1 saturated heterocycles. The smallest absolute Gasteiger partial charge is 0.321 e. The number of halogens is 2. The molecule has 0 radical (unpaired) electrons. The van der Waals surface area contributed by atoms with Crippen LogP contribution in [0.1, 0.15) is 33.6 Å². The number of aromatic nitrogens is 1. The monoisotopic (exact) mass is 621 g/mol. The number of benzene rings is 1. The fraction of sp³-hybridized carbons (Fsp3) is 0.481. The van der Waals surface area contributed by atoms with Gasteiger partial charge in [0.15, 0.2) is 14.2 Å². The third kappa shape index (κ3) is 8.57. The second-order valence-electron chi connectivity index (χ2n) is 11.0. The van der Waals surface area contributed by atoms with E-state index >= 15 is 0 Å². The number of amides is 2. The van der Waals surface area contributed by atoms with Gasteiger partial charge >= 0.3 is 6.03 Å². The molecule has 0 spiro atoms. The van der Waals surface area contributed by atoms with Crippen LogP contribution in [0, 0.1) is 11.7 Å². The van der Waals surface area contributed by atoms with Crippen molar-refractivity contribution >= 4 is 53.3 Å². The van der Waals surface area contributed by atoms with Crippen LogP contribution in [-0.2, 0) is 9.22 Å². The molecule has 12 heteroatoms. The highest BCUT2D eigenvalue weighted by molar-refractivity contribution is 9.10. The van der Waals surface area contributed by atoms with Crippen molar-refractivity contribution < 1.29 is 23.1 Å². The van der Waals surface area contributed by atoms with E-state index in [9.17, 15) is 14.0 Å². The van der Waals surface area contributed by atoms with Gasteiger partial charge in [0.05, 0.1) is 28.7 Å². The number of aliphatic imine (C=N–C) groups is 1. The van der Waals surface area contributed by atoms with Gasteiger partial charge in [-0.05, 0) is 71.2 Å². The molecule has 2 heterocycles. The Kier molecular flexibility index (Phi) is 10.2. The quantitative estimate of drug-likeness (QED) is 0.156. The van der Waals surface area contributed by atoms with Gasteiger partial charge in [-0.3, -0.25) is 4.79 Å². The number of urea groups is 1. The fourth-order valence-electron chi connectivity index (χ4n) is 3.70. The standard InChI is InChI=1S/C27H37BrFN5O4Si/c1-27(2,3)39(4,5)38-15-14-37-23-9-7-20(17-31-23)33-26(36)34-12-10-18(11-13-34)24(35)25(30)32-19-6-8-22(29)21(28)16-19/h6-9,16-18H,10-15H2,1-5H3,(H2,30,32)(H,33,36). The number of ketones is 1. The van der Waals surface area contributed by atoms with Gasteiger partial charge in [-0.1, -0.05) is 20.8 Å². The van der Waals surface area contributed by atoms with Crippen molar-refractivity contribution in [1.82, 2.24) is 9.88 Å². The maximum Gasteiger partial charge on any atom is 0.321 e. The van der Waals surface area contributed by atoms with Gasteiger partial charge < -0.3 is 25.1 Å². The Morgan fingerprint density at radius 2 is 1.90 bits per heavy atom. The first-order valence-electron chi connectivity index (χ1n) is 12.9. The van der Waals surface area contributed by atoms with Gasteiger partial charge in [-0.15, -0.1) is 0 Å². The largest absolute Gasteiger partial charge is 0.475 e. The number of hydrogen-bond donors (Lipinski definition) is 2. The minimum absolute atomic E-state index is 0.128. The van der Waals surface area contributed by atoms with Gasteiger partial charge in [0.2, 0.25) is 11.7 Å². The van der Waals surface area contributed by atoms with E-state index in [0.29, 0.717) is 56.4 Å². The topological polar surface area (TPSA) is 119 Å². The predicted octanol–water partition coefficient (Wildman–Crippen LogP) is 5.89. The minimum Gasteiger partial charge on any atom is -0.475 e. The van der Waals surface area contributed by atoms with Crippen LogP contribution in [-0.4, -0.2) is 62.2 Å². The number of nitrogens with one attached hydrogen (secondary N) is 1. The molecular weight excluding hydrogens is 585 g/mol. The number of pyridine rings is 1. The van der Waals surface area contributed by atoms with E-state index in [-0.39, 0.29) is 33.1 Å². The number of rotatable bonds is 9. The lowest BCUT2D eigenvalue weighted by Crippen LogP contribution is -2.44. The number of hydrogen-bond acceptors (Lipinski definition) is 6. The van der Waals surface area contributed by atoms with Gasteiger partial charge in [0.25, 0.3) is 0 Å². The number of piperidine rings is 1. The van der Waals surface area contributed by atoms with Crippen molar-refractivity contribution in [2.75, 3.05) is 31.6 Å². The molecule has 0 saturated carbocycles. The molecule has 3 N–H and O–H groups in total. The molecule has 1 aliphatic rings. The molecule has 0 bridgehead atoms. The van der Waals surface area contributed by atoms with E-state index < -0.39 is 14.1 Å². The summed E-state index contributed by atoms with van der Waals surface area (Å²) in [4.78, 5) is 35.5. The average Bonchev–Trinajstić information content (AvgIpc) is 2.88. The molecule has 2 aromatic rings. The number of amidine groups is 1. The molecule has 1 aromatic carbocycles. The van der Waals surface area contributed by atoms with Gasteiger partial charge in [-0.25, -0.2) is 19.2 Å².